The third kappa shape index (κ3) is 4.51. The fourth-order valence-electron chi connectivity index (χ4n) is 1.22. The van der Waals surface area contributed by atoms with E-state index in [-0.39, 0.29) is 0 Å². The van der Waals surface area contributed by atoms with Crippen LogP contribution in [0.4, 0.5) is 0 Å². The second-order valence-electron chi connectivity index (χ2n) is 3.30. The molecule has 0 aromatic heterocycles. The molecule has 90 valence electrons. The lowest BCUT2D eigenvalue weighted by atomic mass is 10.4. The Kier molecular flexibility index (Phi) is 6.22. The lowest BCUT2D eigenvalue weighted by Crippen LogP contribution is -1.91. The molecule has 0 aliphatic heterocycles. The minimum Gasteiger partial charge on any atom is -0.388 e. The highest BCUT2D eigenvalue weighted by Crippen LogP contribution is 2.14. The molecule has 2 aromatic rings. The van der Waals surface area contributed by atoms with Crippen molar-refractivity contribution in [2.24, 2.45) is 0 Å². The zero-order chi connectivity index (χ0) is 12.5. The molecule has 2 nitrogen and oxygen atoms in total. The standard InChI is InChI=1S/C12H10OS.C2H6O/c13-14(11-7-3-1-4-8-11)12-9-5-2-6-10-12;1-3-2/h1-10H;1-2H3. The van der Waals surface area contributed by atoms with Crippen molar-refractivity contribution in [3.05, 3.63) is 60.7 Å². The Labute approximate surface area is 105 Å². The minimum atomic E-state index is -1.05. The number of ether oxygens (including phenoxy) is 1. The molecule has 0 aliphatic rings. The Morgan fingerprint density at radius 2 is 1.06 bits per heavy atom. The van der Waals surface area contributed by atoms with Crippen LogP contribution in [-0.4, -0.2) is 18.4 Å². The first-order valence-electron chi connectivity index (χ1n) is 5.21. The Balaban J connectivity index is 0.000000437. The molecule has 2 rings (SSSR count). The molecule has 0 unspecified atom stereocenters. The first-order chi connectivity index (χ1) is 8.29. The summed E-state index contributed by atoms with van der Waals surface area (Å²) in [6, 6.07) is 19.0. The molecule has 0 bridgehead atoms. The van der Waals surface area contributed by atoms with Crippen LogP contribution in [0.5, 0.6) is 0 Å². The smallest absolute Gasteiger partial charge is 0.0849 e. The highest BCUT2D eigenvalue weighted by molar-refractivity contribution is 7.85. The summed E-state index contributed by atoms with van der Waals surface area (Å²) in [5.74, 6) is 0. The Hall–Kier alpha value is -1.45. The van der Waals surface area contributed by atoms with Gasteiger partial charge in [-0.25, -0.2) is 4.21 Å². The second-order valence-corrected chi connectivity index (χ2v) is 4.78. The number of rotatable bonds is 2. The number of benzene rings is 2. The van der Waals surface area contributed by atoms with Crippen LogP contribution in [0.3, 0.4) is 0 Å². The van der Waals surface area contributed by atoms with Crippen LogP contribution >= 0.6 is 0 Å². The summed E-state index contributed by atoms with van der Waals surface area (Å²) < 4.78 is 16.2. The summed E-state index contributed by atoms with van der Waals surface area (Å²) in [7, 11) is 2.20. The van der Waals surface area contributed by atoms with Gasteiger partial charge in [0.25, 0.3) is 0 Å². The van der Waals surface area contributed by atoms with E-state index in [1.165, 1.54) is 0 Å². The average Bonchev–Trinajstić information content (AvgIpc) is 2.41. The van der Waals surface area contributed by atoms with Crippen molar-refractivity contribution in [3.8, 4) is 0 Å². The van der Waals surface area contributed by atoms with E-state index in [1.807, 2.05) is 60.7 Å². The van der Waals surface area contributed by atoms with Gasteiger partial charge in [0.1, 0.15) is 0 Å². The predicted octanol–water partition coefficient (Wildman–Crippen LogP) is 3.12. The van der Waals surface area contributed by atoms with Crippen molar-refractivity contribution in [2.75, 3.05) is 14.2 Å². The van der Waals surface area contributed by atoms with Gasteiger partial charge in [0.2, 0.25) is 0 Å². The van der Waals surface area contributed by atoms with Gasteiger partial charge in [-0.05, 0) is 24.3 Å². The Morgan fingerprint density at radius 1 is 0.765 bits per heavy atom. The van der Waals surface area contributed by atoms with Gasteiger partial charge >= 0.3 is 0 Å². The molecule has 0 amide bonds. The van der Waals surface area contributed by atoms with Gasteiger partial charge in [-0.15, -0.1) is 0 Å². The van der Waals surface area contributed by atoms with E-state index in [2.05, 4.69) is 4.74 Å². The van der Waals surface area contributed by atoms with Gasteiger partial charge in [0.15, 0.2) is 0 Å². The first kappa shape index (κ1) is 13.6. The zero-order valence-electron chi connectivity index (χ0n) is 10.00. The second kappa shape index (κ2) is 7.76. The van der Waals surface area contributed by atoms with Gasteiger partial charge in [0.05, 0.1) is 10.8 Å². The maximum atomic E-state index is 12.0. The van der Waals surface area contributed by atoms with Crippen LogP contribution in [0.25, 0.3) is 0 Å². The van der Waals surface area contributed by atoms with Crippen LogP contribution in [0.1, 0.15) is 0 Å². The summed E-state index contributed by atoms with van der Waals surface area (Å²) in [6.07, 6.45) is 0. The summed E-state index contributed by atoms with van der Waals surface area (Å²) in [6.45, 7) is 0. The molecule has 0 saturated heterocycles. The van der Waals surface area contributed by atoms with Gasteiger partial charge in [-0.3, -0.25) is 0 Å². The van der Waals surface area contributed by atoms with Crippen LogP contribution in [0.2, 0.25) is 0 Å². The molecule has 0 atom stereocenters. The number of methoxy groups -OCH3 is 1. The molecule has 0 saturated carbocycles. The van der Waals surface area contributed by atoms with E-state index in [4.69, 9.17) is 0 Å². The summed E-state index contributed by atoms with van der Waals surface area (Å²) in [5.41, 5.74) is 0. The maximum Gasteiger partial charge on any atom is 0.0849 e. The molecule has 0 heterocycles. The SMILES string of the molecule is COC.O=S(c1ccccc1)c1ccccc1. The van der Waals surface area contributed by atoms with Crippen molar-refractivity contribution in [3.63, 3.8) is 0 Å². The summed E-state index contributed by atoms with van der Waals surface area (Å²) in [5, 5.41) is 0. The van der Waals surface area contributed by atoms with E-state index in [9.17, 15) is 4.21 Å². The van der Waals surface area contributed by atoms with Crippen LogP contribution < -0.4 is 0 Å². The van der Waals surface area contributed by atoms with Gasteiger partial charge in [-0.2, -0.15) is 0 Å². The fraction of sp³-hybridized carbons (Fsp3) is 0.143. The maximum absolute atomic E-state index is 12.0. The van der Waals surface area contributed by atoms with Crippen molar-refractivity contribution in [2.45, 2.75) is 9.79 Å². The minimum absolute atomic E-state index is 0.846. The third-order valence-electron chi connectivity index (χ3n) is 1.91. The van der Waals surface area contributed by atoms with Gasteiger partial charge in [-0.1, -0.05) is 36.4 Å². The fourth-order valence-corrected chi connectivity index (χ4v) is 2.31. The topological polar surface area (TPSA) is 26.3 Å². The molecule has 0 fully saturated rings. The third-order valence-corrected chi connectivity index (χ3v) is 3.32. The molecular formula is C14H16O2S. The molecular weight excluding hydrogens is 232 g/mol. The number of hydrogen-bond acceptors (Lipinski definition) is 2. The van der Waals surface area contributed by atoms with Gasteiger partial charge in [0, 0.05) is 24.0 Å². The zero-order valence-corrected chi connectivity index (χ0v) is 10.8. The van der Waals surface area contributed by atoms with E-state index in [1.54, 1.807) is 14.2 Å². The monoisotopic (exact) mass is 248 g/mol. The lowest BCUT2D eigenvalue weighted by molar-refractivity contribution is 0.277. The molecule has 0 aliphatic carbocycles. The van der Waals surface area contributed by atoms with E-state index < -0.39 is 10.8 Å². The van der Waals surface area contributed by atoms with E-state index in [0.29, 0.717) is 0 Å². The average molecular weight is 248 g/mol. The lowest BCUT2D eigenvalue weighted by Gasteiger charge is -2.00. The van der Waals surface area contributed by atoms with Crippen molar-refractivity contribution < 1.29 is 8.95 Å². The molecule has 2 aromatic carbocycles. The molecule has 0 radical (unpaired) electrons. The molecule has 17 heavy (non-hydrogen) atoms. The Morgan fingerprint density at radius 3 is 1.35 bits per heavy atom. The summed E-state index contributed by atoms with van der Waals surface area (Å²) in [4.78, 5) is 1.69. The van der Waals surface area contributed by atoms with Crippen molar-refractivity contribution in [1.29, 1.82) is 0 Å². The molecule has 0 N–H and O–H groups in total. The van der Waals surface area contributed by atoms with E-state index >= 15 is 0 Å². The van der Waals surface area contributed by atoms with Crippen molar-refractivity contribution in [1.82, 2.24) is 0 Å². The highest BCUT2D eigenvalue weighted by atomic mass is 32.2. The van der Waals surface area contributed by atoms with Crippen molar-refractivity contribution >= 4 is 10.8 Å². The van der Waals surface area contributed by atoms with Gasteiger partial charge < -0.3 is 4.74 Å². The quantitative estimate of drug-likeness (QED) is 0.816. The summed E-state index contributed by atoms with van der Waals surface area (Å²) >= 11 is 0. The highest BCUT2D eigenvalue weighted by Gasteiger charge is 2.04. The normalized spacial score (nSPS) is 9.59. The Bertz CT molecular complexity index is 399. The number of hydrogen-bond donors (Lipinski definition) is 0. The van der Waals surface area contributed by atoms with Crippen LogP contribution in [0, 0.1) is 0 Å². The van der Waals surface area contributed by atoms with E-state index in [0.717, 1.165) is 9.79 Å². The molecule has 3 heteroatoms. The first-order valence-corrected chi connectivity index (χ1v) is 6.36. The largest absolute Gasteiger partial charge is 0.388 e. The van der Waals surface area contributed by atoms with Crippen LogP contribution in [0.15, 0.2) is 70.5 Å². The van der Waals surface area contributed by atoms with Crippen LogP contribution in [-0.2, 0) is 15.5 Å². The molecule has 0 spiro atoms. The predicted molar refractivity (Wildman–Crippen MR) is 70.5 cm³/mol.